The molecule has 2 aliphatic heterocycles. The highest BCUT2D eigenvalue weighted by Gasteiger charge is 2.71. The first kappa shape index (κ1) is 27.6. The highest BCUT2D eigenvalue weighted by molar-refractivity contribution is 7.65. The molecule has 37 heavy (non-hydrogen) atoms. The van der Waals surface area contributed by atoms with E-state index in [1.165, 1.54) is 49.7 Å². The van der Waals surface area contributed by atoms with Crippen LogP contribution in [0.4, 0.5) is 0 Å². The maximum absolute atomic E-state index is 11.0. The van der Waals surface area contributed by atoms with E-state index in [1.54, 1.807) is 0 Å². The van der Waals surface area contributed by atoms with Gasteiger partial charge >= 0.3 is 0 Å². The number of aryl methyl sites for hydroxylation is 1. The van der Waals surface area contributed by atoms with Crippen LogP contribution < -0.4 is 9.47 Å². The normalized spacial score (nSPS) is 33.9. The molecule has 5 rings (SSSR count). The van der Waals surface area contributed by atoms with Gasteiger partial charge in [-0.1, -0.05) is 52.9 Å². The standard InChI is InChI=1S/C31H49O5P/c1-7-9-11-13-23-18-26(29-24-17-21(3)14-15-25(24)30(5,6)35-27(29)19-23)34-22(4)31-20-28(31)37(32,36-31)33-16-12-10-8-2/h18-19,21-22,24-25,32H,7-17,20H2,1-6H3/t21?,22?,24?,25-,31?,37?/m1/s1. The van der Waals surface area contributed by atoms with Crippen molar-refractivity contribution < 1.29 is 23.4 Å². The third-order valence-corrected chi connectivity index (χ3v) is 11.7. The zero-order chi connectivity index (χ0) is 26.4. The largest absolute Gasteiger partial charge is 0.487 e. The summed E-state index contributed by atoms with van der Waals surface area (Å²) in [5.41, 5.74) is 1.90. The molecule has 6 atom stereocenters. The van der Waals surface area contributed by atoms with Crippen LogP contribution in [-0.4, -0.2) is 34.1 Å². The summed E-state index contributed by atoms with van der Waals surface area (Å²) in [4.78, 5) is 11.0. The van der Waals surface area contributed by atoms with Crippen molar-refractivity contribution in [2.24, 2.45) is 11.8 Å². The Balaban J connectivity index is 1.41. The quantitative estimate of drug-likeness (QED) is 0.217. The molecular formula is C31H49O5P. The lowest BCUT2D eigenvalue weighted by Crippen LogP contribution is -2.47. The van der Waals surface area contributed by atoms with Gasteiger partial charge in [0.1, 0.15) is 28.8 Å². The van der Waals surface area contributed by atoms with Crippen molar-refractivity contribution in [3.05, 3.63) is 23.3 Å². The highest BCUT2D eigenvalue weighted by Crippen LogP contribution is 2.73. The summed E-state index contributed by atoms with van der Waals surface area (Å²) < 4.78 is 25.6. The first-order chi connectivity index (χ1) is 17.6. The molecule has 6 heteroatoms. The molecule has 208 valence electrons. The predicted molar refractivity (Wildman–Crippen MR) is 152 cm³/mol. The average molecular weight is 533 g/mol. The van der Waals surface area contributed by atoms with Crippen LogP contribution in [-0.2, 0) is 15.5 Å². The van der Waals surface area contributed by atoms with Crippen LogP contribution in [0.2, 0.25) is 0 Å². The maximum atomic E-state index is 11.0. The van der Waals surface area contributed by atoms with Crippen LogP contribution in [0.3, 0.4) is 0 Å². The molecule has 0 aromatic heterocycles. The zero-order valence-electron chi connectivity index (χ0n) is 24.0. The van der Waals surface area contributed by atoms with Crippen LogP contribution >= 0.6 is 7.57 Å². The first-order valence-electron chi connectivity index (χ1n) is 15.0. The second-order valence-electron chi connectivity index (χ2n) is 12.7. The lowest BCUT2D eigenvalue weighted by atomic mass is 9.64. The average Bonchev–Trinajstić information content (AvgIpc) is 3.50. The minimum absolute atomic E-state index is 0.175. The van der Waals surface area contributed by atoms with Gasteiger partial charge in [0.15, 0.2) is 0 Å². The number of hydrogen-bond acceptors (Lipinski definition) is 5. The zero-order valence-corrected chi connectivity index (χ0v) is 24.9. The minimum Gasteiger partial charge on any atom is -0.487 e. The number of hydrogen-bond donors (Lipinski definition) is 1. The molecule has 0 saturated heterocycles. The van der Waals surface area contributed by atoms with Gasteiger partial charge in [-0.15, -0.1) is 0 Å². The van der Waals surface area contributed by atoms with Gasteiger partial charge in [-0.05, 0) is 82.4 Å². The van der Waals surface area contributed by atoms with Crippen LogP contribution in [0.1, 0.15) is 123 Å². The fourth-order valence-corrected chi connectivity index (χ4v) is 9.54. The van der Waals surface area contributed by atoms with E-state index in [-0.39, 0.29) is 11.7 Å². The Kier molecular flexibility index (Phi) is 7.84. The van der Waals surface area contributed by atoms with Crippen molar-refractivity contribution in [3.8, 4) is 11.5 Å². The van der Waals surface area contributed by atoms with E-state index >= 15 is 0 Å². The molecule has 2 heterocycles. The van der Waals surface area contributed by atoms with Crippen molar-refractivity contribution in [2.75, 3.05) is 6.61 Å². The number of ether oxygens (including phenoxy) is 2. The minimum atomic E-state index is -2.81. The summed E-state index contributed by atoms with van der Waals surface area (Å²) >= 11 is 0. The Bertz CT molecular complexity index is 1050. The van der Waals surface area contributed by atoms with Crippen molar-refractivity contribution >= 4 is 12.9 Å². The van der Waals surface area contributed by atoms with Crippen LogP contribution in [0.25, 0.3) is 0 Å². The van der Waals surface area contributed by atoms with Gasteiger partial charge in [-0.2, -0.15) is 0 Å². The number of unbranched alkanes of at least 4 members (excludes halogenated alkanes) is 4. The SMILES string of the molecule is CCCCCOP1(O)=C2CC2(C(C)Oc2cc(CCCCC)cc3c2C2CC(C)CC[C@H]2C(C)(C)O3)O1. The smallest absolute Gasteiger partial charge is 0.258 e. The summed E-state index contributed by atoms with van der Waals surface area (Å²) in [6.07, 6.45) is 12.1. The second kappa shape index (κ2) is 10.5. The first-order valence-corrected chi connectivity index (χ1v) is 16.6. The fraction of sp³-hybridized carbons (Fsp3) is 0.774. The van der Waals surface area contributed by atoms with Crippen molar-refractivity contribution in [2.45, 2.75) is 135 Å². The van der Waals surface area contributed by atoms with Gasteiger partial charge < -0.3 is 23.4 Å². The lowest BCUT2D eigenvalue weighted by molar-refractivity contribution is -0.0171. The predicted octanol–water partition coefficient (Wildman–Crippen LogP) is 8.18. The molecule has 5 unspecified atom stereocenters. The van der Waals surface area contributed by atoms with Gasteiger partial charge in [0.2, 0.25) is 0 Å². The van der Waals surface area contributed by atoms with E-state index in [2.05, 4.69) is 53.7 Å². The van der Waals surface area contributed by atoms with Crippen molar-refractivity contribution in [1.29, 1.82) is 0 Å². The number of fused-ring (bicyclic) bond motifs is 4. The molecule has 1 N–H and O–H groups in total. The number of benzene rings is 1. The van der Waals surface area contributed by atoms with Gasteiger partial charge in [0.25, 0.3) is 7.57 Å². The Morgan fingerprint density at radius 2 is 1.86 bits per heavy atom. The molecule has 2 aliphatic carbocycles. The molecule has 0 amide bonds. The second-order valence-corrected chi connectivity index (χ2v) is 14.7. The third kappa shape index (κ3) is 5.15. The Labute approximate surface area is 224 Å². The van der Waals surface area contributed by atoms with E-state index < -0.39 is 13.2 Å². The molecule has 0 bridgehead atoms. The molecule has 2 fully saturated rings. The summed E-state index contributed by atoms with van der Waals surface area (Å²) in [7, 11) is -2.81. The molecule has 0 radical (unpaired) electrons. The van der Waals surface area contributed by atoms with E-state index in [4.69, 9.17) is 18.5 Å². The monoisotopic (exact) mass is 532 g/mol. The van der Waals surface area contributed by atoms with Gasteiger partial charge in [-0.25, -0.2) is 0 Å². The van der Waals surface area contributed by atoms with Gasteiger partial charge in [-0.3, -0.25) is 0 Å². The van der Waals surface area contributed by atoms with E-state index in [1.807, 2.05) is 0 Å². The Morgan fingerprint density at radius 3 is 2.59 bits per heavy atom. The molecule has 4 aliphatic rings. The lowest BCUT2D eigenvalue weighted by Gasteiger charge is -2.49. The fourth-order valence-electron chi connectivity index (χ4n) is 7.07. The molecule has 1 aromatic rings. The van der Waals surface area contributed by atoms with Crippen molar-refractivity contribution in [3.63, 3.8) is 0 Å². The van der Waals surface area contributed by atoms with E-state index in [9.17, 15) is 4.89 Å². The van der Waals surface area contributed by atoms with Crippen LogP contribution in [0, 0.1) is 11.8 Å². The molecule has 2 saturated carbocycles. The Morgan fingerprint density at radius 1 is 1.11 bits per heavy atom. The molecule has 1 aromatic carbocycles. The molecule has 5 nitrogen and oxygen atoms in total. The Hall–Kier alpha value is -1.00. The third-order valence-electron chi connectivity index (χ3n) is 9.38. The van der Waals surface area contributed by atoms with Crippen LogP contribution in [0.15, 0.2) is 12.1 Å². The summed E-state index contributed by atoms with van der Waals surface area (Å²) in [5.74, 6) is 3.64. The summed E-state index contributed by atoms with van der Waals surface area (Å²) in [6, 6.07) is 4.57. The number of rotatable bonds is 12. The topological polar surface area (TPSA) is 57.2 Å². The summed E-state index contributed by atoms with van der Waals surface area (Å²) in [6.45, 7) is 14.0. The van der Waals surface area contributed by atoms with E-state index in [0.717, 1.165) is 48.9 Å². The van der Waals surface area contributed by atoms with Crippen molar-refractivity contribution in [1.82, 2.24) is 0 Å². The molecular weight excluding hydrogens is 483 g/mol. The van der Waals surface area contributed by atoms with Crippen LogP contribution in [0.5, 0.6) is 11.5 Å². The van der Waals surface area contributed by atoms with Gasteiger partial charge in [0, 0.05) is 23.2 Å². The molecule has 0 spiro atoms. The summed E-state index contributed by atoms with van der Waals surface area (Å²) in [5, 5.41) is 1.04. The van der Waals surface area contributed by atoms with E-state index in [0.29, 0.717) is 24.4 Å². The maximum Gasteiger partial charge on any atom is 0.258 e. The highest BCUT2D eigenvalue weighted by atomic mass is 31.2. The van der Waals surface area contributed by atoms with Gasteiger partial charge in [0.05, 0.1) is 6.61 Å².